The minimum Gasteiger partial charge on any atom is -0.494 e. The number of hydrogen-bond donors (Lipinski definition) is 1. The predicted molar refractivity (Wildman–Crippen MR) is 87.2 cm³/mol. The summed E-state index contributed by atoms with van der Waals surface area (Å²) in [6.45, 7) is 6.69. The van der Waals surface area contributed by atoms with Gasteiger partial charge in [0, 0.05) is 6.07 Å². The van der Waals surface area contributed by atoms with Crippen LogP contribution in [-0.4, -0.2) is 7.11 Å². The summed E-state index contributed by atoms with van der Waals surface area (Å²) in [4.78, 5) is 0. The summed E-state index contributed by atoms with van der Waals surface area (Å²) in [6.07, 6.45) is 1.10. The Hall–Kier alpha value is -2.16. The van der Waals surface area contributed by atoms with Gasteiger partial charge in [0.25, 0.3) is 0 Å². The smallest absolute Gasteiger partial charge is 0.145 e. The summed E-state index contributed by atoms with van der Waals surface area (Å²) in [6, 6.07) is 13.6. The fourth-order valence-corrected chi connectivity index (χ4v) is 2.07. The van der Waals surface area contributed by atoms with Crippen LogP contribution >= 0.6 is 0 Å². The van der Waals surface area contributed by atoms with Crippen molar-refractivity contribution in [2.75, 3.05) is 12.8 Å². The lowest BCUT2D eigenvalue weighted by molar-refractivity contribution is 0.411. The molecule has 2 aromatic carbocycles. The fourth-order valence-electron chi connectivity index (χ4n) is 2.07. The normalized spacial score (nSPS) is 11.2. The molecule has 0 bridgehead atoms. The van der Waals surface area contributed by atoms with E-state index in [1.54, 1.807) is 19.2 Å². The molecule has 0 saturated carbocycles. The van der Waals surface area contributed by atoms with Crippen molar-refractivity contribution in [2.45, 2.75) is 32.6 Å². The van der Waals surface area contributed by atoms with Crippen LogP contribution in [0.2, 0.25) is 0 Å². The van der Waals surface area contributed by atoms with Crippen LogP contribution in [0.25, 0.3) is 0 Å². The van der Waals surface area contributed by atoms with Gasteiger partial charge in [0.15, 0.2) is 0 Å². The van der Waals surface area contributed by atoms with E-state index in [-0.39, 0.29) is 5.41 Å². The molecule has 0 aliphatic rings. The van der Waals surface area contributed by atoms with Crippen molar-refractivity contribution in [3.8, 4) is 17.2 Å². The molecule has 0 amide bonds. The first-order valence-electron chi connectivity index (χ1n) is 7.18. The molecule has 3 heteroatoms. The number of nitrogens with two attached hydrogens (primary N) is 1. The van der Waals surface area contributed by atoms with Crippen molar-refractivity contribution < 1.29 is 9.47 Å². The summed E-state index contributed by atoms with van der Waals surface area (Å²) >= 11 is 0. The molecule has 0 fully saturated rings. The second-order valence-corrected chi connectivity index (χ2v) is 5.77. The average Bonchev–Trinajstić information content (AvgIpc) is 2.49. The van der Waals surface area contributed by atoms with Crippen molar-refractivity contribution in [3.63, 3.8) is 0 Å². The van der Waals surface area contributed by atoms with Crippen LogP contribution in [-0.2, 0) is 5.41 Å². The minimum atomic E-state index is 0.183. The first-order valence-corrected chi connectivity index (χ1v) is 7.18. The number of benzene rings is 2. The molecular formula is C18H23NO2. The van der Waals surface area contributed by atoms with E-state index in [9.17, 15) is 0 Å². The van der Waals surface area contributed by atoms with Gasteiger partial charge in [0.05, 0.1) is 12.8 Å². The summed E-state index contributed by atoms with van der Waals surface area (Å²) < 4.78 is 11.0. The maximum absolute atomic E-state index is 5.84. The van der Waals surface area contributed by atoms with Crippen LogP contribution in [0.4, 0.5) is 5.69 Å². The summed E-state index contributed by atoms with van der Waals surface area (Å²) in [5, 5.41) is 0. The molecular weight excluding hydrogens is 262 g/mol. The highest BCUT2D eigenvalue weighted by Crippen LogP contribution is 2.32. The second-order valence-electron chi connectivity index (χ2n) is 5.77. The summed E-state index contributed by atoms with van der Waals surface area (Å²) in [5.74, 6) is 2.14. The zero-order valence-corrected chi connectivity index (χ0v) is 13.1. The highest BCUT2D eigenvalue weighted by atomic mass is 16.5. The fraction of sp³-hybridized carbons (Fsp3) is 0.333. The van der Waals surface area contributed by atoms with Gasteiger partial charge < -0.3 is 15.2 Å². The molecule has 112 valence electrons. The van der Waals surface area contributed by atoms with Crippen LogP contribution in [0, 0.1) is 0 Å². The lowest BCUT2D eigenvalue weighted by atomic mass is 9.82. The molecule has 2 rings (SSSR count). The third-order valence-electron chi connectivity index (χ3n) is 3.96. The van der Waals surface area contributed by atoms with Crippen molar-refractivity contribution in [1.82, 2.24) is 0 Å². The lowest BCUT2D eigenvalue weighted by Crippen LogP contribution is -2.14. The van der Waals surface area contributed by atoms with E-state index in [1.165, 1.54) is 5.56 Å². The highest BCUT2D eigenvalue weighted by molar-refractivity contribution is 5.56. The van der Waals surface area contributed by atoms with Gasteiger partial charge in [0.1, 0.15) is 17.2 Å². The number of anilines is 1. The first-order chi connectivity index (χ1) is 9.96. The third-order valence-corrected chi connectivity index (χ3v) is 3.96. The molecule has 0 aliphatic heterocycles. The van der Waals surface area contributed by atoms with Gasteiger partial charge in [-0.15, -0.1) is 0 Å². The van der Waals surface area contributed by atoms with Crippen molar-refractivity contribution >= 4 is 5.69 Å². The van der Waals surface area contributed by atoms with Gasteiger partial charge in [-0.3, -0.25) is 0 Å². The Morgan fingerprint density at radius 3 is 2.19 bits per heavy atom. The number of methoxy groups -OCH3 is 1. The van der Waals surface area contributed by atoms with Crippen LogP contribution in [0.3, 0.4) is 0 Å². The maximum atomic E-state index is 5.84. The number of ether oxygens (including phenoxy) is 2. The molecule has 0 radical (unpaired) electrons. The number of hydrogen-bond acceptors (Lipinski definition) is 3. The van der Waals surface area contributed by atoms with E-state index in [2.05, 4.69) is 32.9 Å². The number of nitrogen functional groups attached to an aromatic ring is 1. The largest absolute Gasteiger partial charge is 0.494 e. The zero-order chi connectivity index (χ0) is 15.5. The Kier molecular flexibility index (Phi) is 4.41. The number of rotatable bonds is 5. The zero-order valence-electron chi connectivity index (χ0n) is 13.1. The molecule has 0 aromatic heterocycles. The molecule has 0 spiro atoms. The van der Waals surface area contributed by atoms with Gasteiger partial charge in [-0.25, -0.2) is 0 Å². The van der Waals surface area contributed by atoms with E-state index in [0.29, 0.717) is 17.2 Å². The summed E-state index contributed by atoms with van der Waals surface area (Å²) in [5.41, 5.74) is 7.89. The van der Waals surface area contributed by atoms with Crippen LogP contribution in [0.15, 0.2) is 42.5 Å². The second kappa shape index (κ2) is 6.08. The SMILES string of the molecule is CCC(C)(C)c1ccc(Oc2ccc(N)c(OC)c2)cc1. The van der Waals surface area contributed by atoms with E-state index in [0.717, 1.165) is 12.2 Å². The van der Waals surface area contributed by atoms with Crippen molar-refractivity contribution in [2.24, 2.45) is 0 Å². The molecule has 0 unspecified atom stereocenters. The Morgan fingerprint density at radius 1 is 1.00 bits per heavy atom. The Labute approximate surface area is 126 Å². The molecule has 3 nitrogen and oxygen atoms in total. The van der Waals surface area contributed by atoms with E-state index >= 15 is 0 Å². The Bertz CT molecular complexity index is 603. The molecule has 0 saturated heterocycles. The van der Waals surface area contributed by atoms with Crippen LogP contribution < -0.4 is 15.2 Å². The molecule has 0 atom stereocenters. The first kappa shape index (κ1) is 15.2. The minimum absolute atomic E-state index is 0.183. The highest BCUT2D eigenvalue weighted by Gasteiger charge is 2.17. The van der Waals surface area contributed by atoms with Crippen LogP contribution in [0.5, 0.6) is 17.2 Å². The molecule has 0 heterocycles. The van der Waals surface area contributed by atoms with Crippen molar-refractivity contribution in [3.05, 3.63) is 48.0 Å². The molecule has 21 heavy (non-hydrogen) atoms. The standard InChI is InChI=1S/C18H23NO2/c1-5-18(2,3)13-6-8-14(9-7-13)21-15-10-11-16(19)17(12-15)20-4/h6-12H,5,19H2,1-4H3. The van der Waals surface area contributed by atoms with Gasteiger partial charge in [-0.1, -0.05) is 32.9 Å². The molecule has 2 aromatic rings. The third kappa shape index (κ3) is 3.48. The van der Waals surface area contributed by atoms with E-state index in [1.807, 2.05) is 18.2 Å². The average molecular weight is 285 g/mol. The maximum Gasteiger partial charge on any atom is 0.145 e. The van der Waals surface area contributed by atoms with E-state index in [4.69, 9.17) is 15.2 Å². The summed E-state index contributed by atoms with van der Waals surface area (Å²) in [7, 11) is 1.59. The Morgan fingerprint density at radius 2 is 1.62 bits per heavy atom. The Balaban J connectivity index is 2.17. The molecule has 2 N–H and O–H groups in total. The van der Waals surface area contributed by atoms with Crippen LogP contribution in [0.1, 0.15) is 32.8 Å². The van der Waals surface area contributed by atoms with Gasteiger partial charge in [-0.2, -0.15) is 0 Å². The van der Waals surface area contributed by atoms with Gasteiger partial charge in [0.2, 0.25) is 0 Å². The molecule has 0 aliphatic carbocycles. The van der Waals surface area contributed by atoms with Gasteiger partial charge in [-0.05, 0) is 41.7 Å². The van der Waals surface area contributed by atoms with Crippen molar-refractivity contribution in [1.29, 1.82) is 0 Å². The predicted octanol–water partition coefficient (Wildman–Crippen LogP) is 4.76. The quantitative estimate of drug-likeness (QED) is 0.806. The van der Waals surface area contributed by atoms with Gasteiger partial charge >= 0.3 is 0 Å². The topological polar surface area (TPSA) is 44.5 Å². The lowest BCUT2D eigenvalue weighted by Gasteiger charge is -2.23. The monoisotopic (exact) mass is 285 g/mol. The van der Waals surface area contributed by atoms with E-state index < -0.39 is 0 Å².